The fourth-order valence-corrected chi connectivity index (χ4v) is 1.77. The van der Waals surface area contributed by atoms with Gasteiger partial charge >= 0.3 is 5.97 Å². The van der Waals surface area contributed by atoms with Crippen LogP contribution in [0.15, 0.2) is 0 Å². The standard InChI is InChI=1S/C10H16N2O4/c11-10(16)7-4-5-12(6-7)8(13)2-1-3-9(14)15/h7H,1-6H2,(H2,11,16)(H,14,15). The van der Waals surface area contributed by atoms with Crippen molar-refractivity contribution in [3.05, 3.63) is 0 Å². The van der Waals surface area contributed by atoms with E-state index in [9.17, 15) is 14.4 Å². The van der Waals surface area contributed by atoms with Crippen molar-refractivity contribution in [1.29, 1.82) is 0 Å². The molecule has 1 aliphatic rings. The number of amides is 2. The molecule has 3 N–H and O–H groups in total. The van der Waals surface area contributed by atoms with Crippen molar-refractivity contribution in [3.63, 3.8) is 0 Å². The Morgan fingerprint density at radius 1 is 1.31 bits per heavy atom. The lowest BCUT2D eigenvalue weighted by molar-refractivity contribution is -0.137. The highest BCUT2D eigenvalue weighted by atomic mass is 16.4. The Kier molecular flexibility index (Phi) is 4.28. The average molecular weight is 228 g/mol. The van der Waals surface area contributed by atoms with Gasteiger partial charge < -0.3 is 15.7 Å². The first-order valence-electron chi connectivity index (χ1n) is 5.29. The fraction of sp³-hybridized carbons (Fsp3) is 0.700. The Hall–Kier alpha value is -1.59. The number of carbonyl (C=O) groups is 3. The number of hydrogen-bond acceptors (Lipinski definition) is 3. The molecule has 6 nitrogen and oxygen atoms in total. The summed E-state index contributed by atoms with van der Waals surface area (Å²) in [5, 5.41) is 8.42. The number of likely N-dealkylation sites (tertiary alicyclic amines) is 1. The first kappa shape index (κ1) is 12.5. The van der Waals surface area contributed by atoms with E-state index in [2.05, 4.69) is 0 Å². The molecular formula is C10H16N2O4. The number of carboxylic acid groups (broad SMARTS) is 1. The third-order valence-electron chi connectivity index (χ3n) is 2.72. The molecule has 90 valence electrons. The first-order chi connectivity index (χ1) is 7.50. The van der Waals surface area contributed by atoms with Crippen LogP contribution in [0.2, 0.25) is 0 Å². The molecule has 0 spiro atoms. The van der Waals surface area contributed by atoms with Crippen molar-refractivity contribution < 1.29 is 19.5 Å². The van der Waals surface area contributed by atoms with Crippen LogP contribution in [0.5, 0.6) is 0 Å². The lowest BCUT2D eigenvalue weighted by atomic mass is 10.1. The maximum Gasteiger partial charge on any atom is 0.303 e. The normalized spacial score (nSPS) is 19.8. The minimum absolute atomic E-state index is 0.00116. The molecule has 1 rings (SSSR count). The van der Waals surface area contributed by atoms with E-state index in [0.29, 0.717) is 25.9 Å². The SMILES string of the molecule is NC(=O)C1CCN(C(=O)CCCC(=O)O)C1. The van der Waals surface area contributed by atoms with Gasteiger partial charge in [0.1, 0.15) is 0 Å². The summed E-state index contributed by atoms with van der Waals surface area (Å²) in [7, 11) is 0. The third-order valence-corrected chi connectivity index (χ3v) is 2.72. The topological polar surface area (TPSA) is 101 Å². The summed E-state index contributed by atoms with van der Waals surface area (Å²) in [6.07, 6.45) is 1.17. The first-order valence-corrected chi connectivity index (χ1v) is 5.29. The van der Waals surface area contributed by atoms with E-state index in [1.807, 2.05) is 0 Å². The molecule has 1 heterocycles. The summed E-state index contributed by atoms with van der Waals surface area (Å²) < 4.78 is 0. The van der Waals surface area contributed by atoms with Crippen molar-refractivity contribution in [3.8, 4) is 0 Å². The summed E-state index contributed by atoms with van der Waals surface area (Å²) in [6, 6.07) is 0. The van der Waals surface area contributed by atoms with Gasteiger partial charge in [0.05, 0.1) is 5.92 Å². The molecule has 2 amide bonds. The Bertz CT molecular complexity index is 303. The van der Waals surface area contributed by atoms with Gasteiger partial charge in [-0.3, -0.25) is 14.4 Å². The van der Waals surface area contributed by atoms with Crippen molar-refractivity contribution >= 4 is 17.8 Å². The van der Waals surface area contributed by atoms with Gasteiger partial charge in [-0.25, -0.2) is 0 Å². The maximum absolute atomic E-state index is 11.6. The summed E-state index contributed by atoms with van der Waals surface area (Å²) in [4.78, 5) is 34.3. The Morgan fingerprint density at radius 3 is 2.50 bits per heavy atom. The predicted molar refractivity (Wildman–Crippen MR) is 55.4 cm³/mol. The molecule has 0 aliphatic carbocycles. The predicted octanol–water partition coefficient (Wildman–Crippen LogP) is -0.425. The van der Waals surface area contributed by atoms with Gasteiger partial charge in [-0.15, -0.1) is 0 Å². The Labute approximate surface area is 93.4 Å². The average Bonchev–Trinajstić information content (AvgIpc) is 2.65. The van der Waals surface area contributed by atoms with Crippen LogP contribution in [0.4, 0.5) is 0 Å². The van der Waals surface area contributed by atoms with Crippen LogP contribution in [0.25, 0.3) is 0 Å². The van der Waals surface area contributed by atoms with Gasteiger partial charge in [0.15, 0.2) is 0 Å². The van der Waals surface area contributed by atoms with Gasteiger partial charge in [-0.1, -0.05) is 0 Å². The van der Waals surface area contributed by atoms with E-state index < -0.39 is 5.97 Å². The molecule has 1 fully saturated rings. The van der Waals surface area contributed by atoms with Gasteiger partial charge in [-0.2, -0.15) is 0 Å². The van der Waals surface area contributed by atoms with Gasteiger partial charge in [-0.05, 0) is 12.8 Å². The molecule has 6 heteroatoms. The molecule has 1 saturated heterocycles. The number of nitrogens with two attached hydrogens (primary N) is 1. The summed E-state index contributed by atoms with van der Waals surface area (Å²) >= 11 is 0. The van der Waals surface area contributed by atoms with Crippen molar-refractivity contribution in [2.75, 3.05) is 13.1 Å². The highest BCUT2D eigenvalue weighted by Crippen LogP contribution is 2.17. The number of aliphatic carboxylic acids is 1. The molecule has 16 heavy (non-hydrogen) atoms. The van der Waals surface area contributed by atoms with E-state index in [1.165, 1.54) is 0 Å². The van der Waals surface area contributed by atoms with Gasteiger partial charge in [0.25, 0.3) is 0 Å². The number of carbonyl (C=O) groups excluding carboxylic acids is 2. The smallest absolute Gasteiger partial charge is 0.303 e. The van der Waals surface area contributed by atoms with Gasteiger partial charge in [0.2, 0.25) is 11.8 Å². The van der Waals surface area contributed by atoms with E-state index >= 15 is 0 Å². The van der Waals surface area contributed by atoms with E-state index in [1.54, 1.807) is 4.90 Å². The molecule has 0 aromatic rings. The minimum atomic E-state index is -0.899. The molecule has 1 aliphatic heterocycles. The third kappa shape index (κ3) is 3.52. The van der Waals surface area contributed by atoms with Gasteiger partial charge in [0, 0.05) is 25.9 Å². The number of rotatable bonds is 5. The summed E-state index contributed by atoms with van der Waals surface area (Å²) in [5.74, 6) is -1.61. The summed E-state index contributed by atoms with van der Waals surface area (Å²) in [6.45, 7) is 0.917. The lowest BCUT2D eigenvalue weighted by Gasteiger charge is -2.15. The summed E-state index contributed by atoms with van der Waals surface area (Å²) in [5.41, 5.74) is 5.15. The molecule has 1 unspecified atom stereocenters. The van der Waals surface area contributed by atoms with E-state index in [4.69, 9.17) is 10.8 Å². The van der Waals surface area contributed by atoms with Crippen molar-refractivity contribution in [1.82, 2.24) is 4.90 Å². The number of carboxylic acids is 1. The largest absolute Gasteiger partial charge is 0.481 e. The van der Waals surface area contributed by atoms with Crippen molar-refractivity contribution in [2.24, 2.45) is 11.7 Å². The van der Waals surface area contributed by atoms with Crippen LogP contribution < -0.4 is 5.73 Å². The number of hydrogen-bond donors (Lipinski definition) is 2. The second kappa shape index (κ2) is 5.48. The minimum Gasteiger partial charge on any atom is -0.481 e. The Balaban J connectivity index is 2.28. The second-order valence-electron chi connectivity index (χ2n) is 3.98. The monoisotopic (exact) mass is 228 g/mol. The van der Waals surface area contributed by atoms with Crippen LogP contribution in [-0.2, 0) is 14.4 Å². The molecule has 0 bridgehead atoms. The molecule has 1 atom stereocenters. The van der Waals surface area contributed by atoms with E-state index in [-0.39, 0.29) is 30.6 Å². The number of nitrogens with zero attached hydrogens (tertiary/aromatic N) is 1. The zero-order valence-corrected chi connectivity index (χ0v) is 9.02. The molecule has 0 aromatic heterocycles. The highest BCUT2D eigenvalue weighted by Gasteiger charge is 2.29. The van der Waals surface area contributed by atoms with Crippen LogP contribution in [0, 0.1) is 5.92 Å². The maximum atomic E-state index is 11.6. The zero-order valence-electron chi connectivity index (χ0n) is 9.02. The van der Waals surface area contributed by atoms with Crippen LogP contribution in [0.1, 0.15) is 25.7 Å². The zero-order chi connectivity index (χ0) is 12.1. The quantitative estimate of drug-likeness (QED) is 0.667. The Morgan fingerprint density at radius 2 is 2.00 bits per heavy atom. The van der Waals surface area contributed by atoms with Crippen LogP contribution >= 0.6 is 0 Å². The molecule has 0 radical (unpaired) electrons. The second-order valence-corrected chi connectivity index (χ2v) is 3.98. The fourth-order valence-electron chi connectivity index (χ4n) is 1.77. The van der Waals surface area contributed by atoms with Crippen LogP contribution in [0.3, 0.4) is 0 Å². The van der Waals surface area contributed by atoms with Crippen molar-refractivity contribution in [2.45, 2.75) is 25.7 Å². The molecular weight excluding hydrogens is 212 g/mol. The van der Waals surface area contributed by atoms with E-state index in [0.717, 1.165) is 0 Å². The van der Waals surface area contributed by atoms with Crippen LogP contribution in [-0.4, -0.2) is 40.9 Å². The number of primary amides is 1. The highest BCUT2D eigenvalue weighted by molar-refractivity contribution is 5.81. The lowest BCUT2D eigenvalue weighted by Crippen LogP contribution is -2.31. The molecule has 0 saturated carbocycles. The molecule has 0 aromatic carbocycles.